The van der Waals surface area contributed by atoms with Gasteiger partial charge in [0.25, 0.3) is 0 Å². The van der Waals surface area contributed by atoms with Gasteiger partial charge in [0, 0.05) is 17.9 Å². The van der Waals surface area contributed by atoms with Crippen LogP contribution in [0.3, 0.4) is 0 Å². The third kappa shape index (κ3) is 2.17. The molecule has 0 aromatic carbocycles. The summed E-state index contributed by atoms with van der Waals surface area (Å²) in [6.07, 6.45) is 14.2. The van der Waals surface area contributed by atoms with Crippen LogP contribution < -0.4 is 0 Å². The molecule has 2 saturated carbocycles. The molecule has 0 bridgehead atoms. The minimum Gasteiger partial charge on any atom is -0.428 e. The van der Waals surface area contributed by atoms with Crippen LogP contribution in [-0.4, -0.2) is 17.2 Å². The Balaban J connectivity index is 1.78. The summed E-state index contributed by atoms with van der Waals surface area (Å²) in [7, 11) is 0. The Bertz CT molecular complexity index is 658. The van der Waals surface area contributed by atoms with E-state index in [0.29, 0.717) is 23.0 Å². The van der Waals surface area contributed by atoms with Gasteiger partial charge in [-0.3, -0.25) is 4.79 Å². The molecule has 0 aromatic rings. The number of hydrogen-bond donors (Lipinski definition) is 1. The second-order valence-corrected chi connectivity index (χ2v) is 8.69. The zero-order valence-electron chi connectivity index (χ0n) is 14.9. The molecule has 3 nitrogen and oxygen atoms in total. The van der Waals surface area contributed by atoms with Crippen molar-refractivity contribution in [3.05, 3.63) is 35.6 Å². The highest BCUT2D eigenvalue weighted by Gasteiger charge is 2.55. The molecule has 4 aliphatic carbocycles. The largest absolute Gasteiger partial charge is 0.428 e. The van der Waals surface area contributed by atoms with Gasteiger partial charge >= 0.3 is 5.97 Å². The normalized spacial score (nSPS) is 46.3. The van der Waals surface area contributed by atoms with E-state index in [0.717, 1.165) is 11.5 Å². The Morgan fingerprint density at radius 3 is 2.75 bits per heavy atom. The molecule has 0 spiro atoms. The molecule has 3 heteroatoms. The summed E-state index contributed by atoms with van der Waals surface area (Å²) in [4.78, 5) is 11.5. The Hall–Kier alpha value is -1.35. The molecule has 0 amide bonds. The van der Waals surface area contributed by atoms with Crippen molar-refractivity contribution in [3.8, 4) is 0 Å². The van der Waals surface area contributed by atoms with Crippen LogP contribution in [0.25, 0.3) is 0 Å². The first-order chi connectivity index (χ1) is 11.3. The average Bonchev–Trinajstić information content (AvgIpc) is 2.92. The molecule has 0 saturated heterocycles. The smallest absolute Gasteiger partial charge is 0.307 e. The van der Waals surface area contributed by atoms with Crippen molar-refractivity contribution in [3.63, 3.8) is 0 Å². The molecular weight excluding hydrogens is 300 g/mol. The monoisotopic (exact) mass is 328 g/mol. The lowest BCUT2D eigenvalue weighted by atomic mass is 9.50. The van der Waals surface area contributed by atoms with E-state index in [-0.39, 0.29) is 11.4 Å². The summed E-state index contributed by atoms with van der Waals surface area (Å²) < 4.78 is 5.41. The maximum Gasteiger partial charge on any atom is 0.307 e. The molecule has 4 rings (SSSR count). The van der Waals surface area contributed by atoms with E-state index < -0.39 is 6.10 Å². The van der Waals surface area contributed by atoms with Crippen LogP contribution in [0.15, 0.2) is 35.6 Å². The van der Waals surface area contributed by atoms with Gasteiger partial charge < -0.3 is 9.84 Å². The summed E-state index contributed by atoms with van der Waals surface area (Å²) in [6.45, 7) is 6.13. The first-order valence-electron chi connectivity index (χ1n) is 9.34. The molecule has 1 unspecified atom stereocenters. The van der Waals surface area contributed by atoms with Gasteiger partial charge in [-0.15, -0.1) is 0 Å². The van der Waals surface area contributed by atoms with E-state index in [4.69, 9.17) is 4.74 Å². The van der Waals surface area contributed by atoms with E-state index in [1.54, 1.807) is 6.08 Å². The number of ether oxygens (including phenoxy) is 1. The second-order valence-electron chi connectivity index (χ2n) is 8.69. The Morgan fingerprint density at radius 2 is 2.00 bits per heavy atom. The summed E-state index contributed by atoms with van der Waals surface area (Å²) in [5.74, 6) is 1.96. The summed E-state index contributed by atoms with van der Waals surface area (Å²) >= 11 is 0. The molecule has 0 aromatic heterocycles. The molecule has 130 valence electrons. The van der Waals surface area contributed by atoms with E-state index in [1.165, 1.54) is 39.0 Å². The van der Waals surface area contributed by atoms with Crippen molar-refractivity contribution in [1.29, 1.82) is 0 Å². The number of carbonyl (C=O) groups is 1. The molecule has 4 aliphatic rings. The number of carbonyl (C=O) groups excluding carboxylic acids is 1. The second kappa shape index (κ2) is 5.32. The lowest BCUT2D eigenvalue weighted by Crippen LogP contribution is -2.47. The third-order valence-corrected chi connectivity index (χ3v) is 7.36. The highest BCUT2D eigenvalue weighted by Crippen LogP contribution is 2.63. The highest BCUT2D eigenvalue weighted by molar-refractivity contribution is 5.68. The van der Waals surface area contributed by atoms with Crippen LogP contribution in [0.5, 0.6) is 0 Å². The number of allylic oxidation sites excluding steroid dienone is 4. The van der Waals surface area contributed by atoms with Gasteiger partial charge in [-0.2, -0.15) is 0 Å². The Morgan fingerprint density at radius 1 is 1.21 bits per heavy atom. The van der Waals surface area contributed by atoms with Crippen molar-refractivity contribution >= 4 is 5.97 Å². The lowest BCUT2D eigenvalue weighted by Gasteiger charge is -2.54. The van der Waals surface area contributed by atoms with Crippen LogP contribution in [-0.2, 0) is 9.53 Å². The van der Waals surface area contributed by atoms with Crippen molar-refractivity contribution in [2.75, 3.05) is 0 Å². The maximum absolute atomic E-state index is 11.5. The molecule has 1 N–H and O–H groups in total. The van der Waals surface area contributed by atoms with Crippen LogP contribution in [0, 0.1) is 28.6 Å². The van der Waals surface area contributed by atoms with Gasteiger partial charge in [0.15, 0.2) is 0 Å². The van der Waals surface area contributed by atoms with Gasteiger partial charge in [-0.25, -0.2) is 0 Å². The highest BCUT2D eigenvalue weighted by atomic mass is 16.5. The first kappa shape index (κ1) is 16.1. The lowest BCUT2D eigenvalue weighted by molar-refractivity contribution is -0.138. The van der Waals surface area contributed by atoms with Gasteiger partial charge in [0.2, 0.25) is 0 Å². The molecule has 0 radical (unpaired) electrons. The Labute approximate surface area is 144 Å². The SMILES string of the molecule is CC(=O)OC1=C2C=C[C@H]3[C@@H]4CCC[C@@]4(C)CC[C@@H]3[C@@]2(C)C=CC1O. The summed E-state index contributed by atoms with van der Waals surface area (Å²) in [5.41, 5.74) is 1.35. The number of rotatable bonds is 1. The van der Waals surface area contributed by atoms with Crippen molar-refractivity contribution in [2.45, 2.75) is 59.0 Å². The molecule has 0 heterocycles. The zero-order chi connectivity index (χ0) is 17.1. The van der Waals surface area contributed by atoms with Crippen molar-refractivity contribution < 1.29 is 14.6 Å². The van der Waals surface area contributed by atoms with E-state index in [9.17, 15) is 9.90 Å². The van der Waals surface area contributed by atoms with Gasteiger partial charge in [0.1, 0.15) is 11.9 Å². The van der Waals surface area contributed by atoms with Gasteiger partial charge in [0.05, 0.1) is 0 Å². The standard InChI is InChI=1S/C21H28O3/c1-13(22)24-19-17-7-6-14-15-5-4-10-20(15,2)11-8-16(14)21(17,3)12-9-18(19)23/h6-7,9,12,14-16,18,23H,4-5,8,10-11H2,1-3H3/t14-,15-,16-,18?,20-,21+/m0/s1. The quantitative estimate of drug-likeness (QED) is 0.581. The Kier molecular flexibility index (Phi) is 3.58. The van der Waals surface area contributed by atoms with Crippen LogP contribution in [0.4, 0.5) is 0 Å². The molecule has 24 heavy (non-hydrogen) atoms. The number of fused-ring (bicyclic) bond motifs is 5. The molecule has 6 atom stereocenters. The van der Waals surface area contributed by atoms with Gasteiger partial charge in [-0.05, 0) is 48.9 Å². The topological polar surface area (TPSA) is 46.5 Å². The molecular formula is C21H28O3. The minimum absolute atomic E-state index is 0.145. The van der Waals surface area contributed by atoms with Crippen LogP contribution in [0.1, 0.15) is 52.9 Å². The molecule has 0 aliphatic heterocycles. The predicted octanol–water partition coefficient (Wildman–Crippen LogP) is 4.14. The van der Waals surface area contributed by atoms with Crippen molar-refractivity contribution in [2.24, 2.45) is 28.6 Å². The minimum atomic E-state index is -0.821. The van der Waals surface area contributed by atoms with E-state index in [2.05, 4.69) is 32.1 Å². The van der Waals surface area contributed by atoms with Crippen molar-refractivity contribution in [1.82, 2.24) is 0 Å². The van der Waals surface area contributed by atoms with E-state index in [1.807, 2.05) is 0 Å². The zero-order valence-corrected chi connectivity index (χ0v) is 14.9. The van der Waals surface area contributed by atoms with Gasteiger partial charge in [-0.1, -0.05) is 44.6 Å². The fourth-order valence-electron chi connectivity index (χ4n) is 6.11. The predicted molar refractivity (Wildman–Crippen MR) is 92.8 cm³/mol. The number of aliphatic hydroxyl groups is 1. The van der Waals surface area contributed by atoms with E-state index >= 15 is 0 Å². The maximum atomic E-state index is 11.5. The number of aliphatic hydroxyl groups excluding tert-OH is 1. The molecule has 2 fully saturated rings. The van der Waals surface area contributed by atoms with Crippen LogP contribution in [0.2, 0.25) is 0 Å². The first-order valence-corrected chi connectivity index (χ1v) is 9.34. The summed E-state index contributed by atoms with van der Waals surface area (Å²) in [6, 6.07) is 0. The third-order valence-electron chi connectivity index (χ3n) is 7.36. The average molecular weight is 328 g/mol. The fourth-order valence-corrected chi connectivity index (χ4v) is 6.11. The fraction of sp³-hybridized carbons (Fsp3) is 0.667. The number of esters is 1. The summed E-state index contributed by atoms with van der Waals surface area (Å²) in [5, 5.41) is 10.3. The number of hydrogen-bond acceptors (Lipinski definition) is 3. The van der Waals surface area contributed by atoms with Crippen LogP contribution >= 0.6 is 0 Å².